The van der Waals surface area contributed by atoms with E-state index in [4.69, 9.17) is 9.84 Å². The van der Waals surface area contributed by atoms with Crippen LogP contribution < -0.4 is 4.90 Å². The fraction of sp³-hybridized carbons (Fsp3) is 0.667. The quantitative estimate of drug-likeness (QED) is 0.835. The molecule has 27 heavy (non-hydrogen) atoms. The minimum absolute atomic E-state index is 0.0429. The van der Waals surface area contributed by atoms with Crippen LogP contribution in [0.15, 0.2) is 12.4 Å². The molecule has 3 heterocycles. The first kappa shape index (κ1) is 19.3. The van der Waals surface area contributed by atoms with Crippen LogP contribution in [0.25, 0.3) is 0 Å². The molecule has 2 saturated heterocycles. The average molecular weight is 377 g/mol. The largest absolute Gasteiger partial charge is 0.476 e. The van der Waals surface area contributed by atoms with E-state index in [1.807, 2.05) is 20.8 Å². The zero-order valence-electron chi connectivity index (χ0n) is 16.1. The highest BCUT2D eigenvalue weighted by Crippen LogP contribution is 2.23. The summed E-state index contributed by atoms with van der Waals surface area (Å²) >= 11 is 0. The molecular weight excluding hydrogens is 350 g/mol. The SMILES string of the molecule is CC(C)(C)OC(=O)N1CCN(CC2CN(c3cnc(C(=O)O)cn3)C2)CC1. The summed E-state index contributed by atoms with van der Waals surface area (Å²) < 4.78 is 5.42. The van der Waals surface area contributed by atoms with Crippen molar-refractivity contribution in [2.45, 2.75) is 26.4 Å². The zero-order chi connectivity index (χ0) is 19.6. The third kappa shape index (κ3) is 5.06. The molecule has 0 bridgehead atoms. The van der Waals surface area contributed by atoms with Crippen LogP contribution in [0.4, 0.5) is 10.6 Å². The molecule has 0 radical (unpaired) electrons. The molecule has 9 heteroatoms. The molecule has 1 aromatic heterocycles. The van der Waals surface area contributed by atoms with Crippen LogP contribution in [-0.2, 0) is 4.74 Å². The number of ether oxygens (including phenoxy) is 1. The summed E-state index contributed by atoms with van der Waals surface area (Å²) in [5.41, 5.74) is -0.506. The third-order valence-electron chi connectivity index (χ3n) is 4.68. The molecule has 3 rings (SSSR count). The van der Waals surface area contributed by atoms with Gasteiger partial charge in [-0.1, -0.05) is 0 Å². The number of nitrogens with zero attached hydrogens (tertiary/aromatic N) is 5. The Morgan fingerprint density at radius 3 is 2.33 bits per heavy atom. The average Bonchev–Trinajstić information content (AvgIpc) is 2.57. The van der Waals surface area contributed by atoms with E-state index in [0.29, 0.717) is 24.8 Å². The molecule has 2 aliphatic heterocycles. The molecule has 0 saturated carbocycles. The lowest BCUT2D eigenvalue weighted by Gasteiger charge is -2.44. The summed E-state index contributed by atoms with van der Waals surface area (Å²) in [6, 6.07) is 0. The Kier molecular flexibility index (Phi) is 5.50. The van der Waals surface area contributed by atoms with Crippen LogP contribution in [-0.4, -0.2) is 88.4 Å². The van der Waals surface area contributed by atoms with Crippen molar-refractivity contribution in [1.29, 1.82) is 0 Å². The number of carbonyl (C=O) groups excluding carboxylic acids is 1. The van der Waals surface area contributed by atoms with Gasteiger partial charge in [0.2, 0.25) is 0 Å². The van der Waals surface area contributed by atoms with Gasteiger partial charge in [-0.2, -0.15) is 0 Å². The lowest BCUT2D eigenvalue weighted by molar-refractivity contribution is 0.0129. The molecule has 0 aromatic carbocycles. The van der Waals surface area contributed by atoms with Crippen LogP contribution in [0.5, 0.6) is 0 Å². The van der Waals surface area contributed by atoms with Gasteiger partial charge in [0, 0.05) is 51.7 Å². The Morgan fingerprint density at radius 1 is 1.15 bits per heavy atom. The minimum Gasteiger partial charge on any atom is -0.476 e. The molecule has 2 fully saturated rings. The number of carbonyl (C=O) groups is 2. The molecule has 9 nitrogen and oxygen atoms in total. The number of hydrogen-bond acceptors (Lipinski definition) is 7. The van der Waals surface area contributed by atoms with E-state index in [-0.39, 0.29) is 11.8 Å². The Hall–Kier alpha value is -2.42. The predicted octanol–water partition coefficient (Wildman–Crippen LogP) is 1.16. The zero-order valence-corrected chi connectivity index (χ0v) is 16.1. The number of amides is 1. The van der Waals surface area contributed by atoms with E-state index in [9.17, 15) is 9.59 Å². The van der Waals surface area contributed by atoms with Crippen LogP contribution in [0.1, 0.15) is 31.3 Å². The number of carboxylic acids is 1. The Balaban J connectivity index is 1.39. The fourth-order valence-corrected chi connectivity index (χ4v) is 3.27. The Labute approximate surface area is 158 Å². The van der Waals surface area contributed by atoms with Crippen molar-refractivity contribution in [3.8, 4) is 0 Å². The number of anilines is 1. The molecule has 0 unspecified atom stereocenters. The van der Waals surface area contributed by atoms with Gasteiger partial charge in [-0.05, 0) is 20.8 Å². The van der Waals surface area contributed by atoms with Gasteiger partial charge in [0.05, 0.1) is 12.4 Å². The normalized spacial score (nSPS) is 18.9. The van der Waals surface area contributed by atoms with E-state index in [2.05, 4.69) is 19.8 Å². The Morgan fingerprint density at radius 2 is 1.81 bits per heavy atom. The number of piperazine rings is 1. The maximum absolute atomic E-state index is 12.1. The molecule has 2 aliphatic rings. The highest BCUT2D eigenvalue weighted by molar-refractivity contribution is 5.84. The first-order chi connectivity index (χ1) is 12.7. The van der Waals surface area contributed by atoms with Crippen LogP contribution in [0, 0.1) is 5.92 Å². The molecule has 1 amide bonds. The number of hydrogen-bond donors (Lipinski definition) is 1. The molecule has 148 valence electrons. The van der Waals surface area contributed by atoms with Crippen molar-refractivity contribution < 1.29 is 19.4 Å². The van der Waals surface area contributed by atoms with Gasteiger partial charge >= 0.3 is 12.1 Å². The summed E-state index contributed by atoms with van der Waals surface area (Å²) in [6.45, 7) is 11.5. The second kappa shape index (κ2) is 7.67. The van der Waals surface area contributed by atoms with Crippen molar-refractivity contribution in [3.63, 3.8) is 0 Å². The highest BCUT2D eigenvalue weighted by Gasteiger charge is 2.32. The van der Waals surface area contributed by atoms with Crippen molar-refractivity contribution in [1.82, 2.24) is 19.8 Å². The van der Waals surface area contributed by atoms with Crippen molar-refractivity contribution >= 4 is 17.9 Å². The summed E-state index contributed by atoms with van der Waals surface area (Å²) in [4.78, 5) is 37.3. The first-order valence-corrected chi connectivity index (χ1v) is 9.22. The van der Waals surface area contributed by atoms with Gasteiger partial charge in [-0.15, -0.1) is 0 Å². The van der Waals surface area contributed by atoms with Gasteiger partial charge < -0.3 is 19.6 Å². The van der Waals surface area contributed by atoms with Crippen LogP contribution in [0.2, 0.25) is 0 Å². The number of carboxylic acid groups (broad SMARTS) is 1. The van der Waals surface area contributed by atoms with E-state index in [1.165, 1.54) is 12.4 Å². The lowest BCUT2D eigenvalue weighted by atomic mass is 9.99. The van der Waals surface area contributed by atoms with Crippen LogP contribution >= 0.6 is 0 Å². The van der Waals surface area contributed by atoms with Crippen molar-refractivity contribution in [2.75, 3.05) is 50.7 Å². The van der Waals surface area contributed by atoms with Gasteiger partial charge in [-0.25, -0.2) is 19.6 Å². The molecule has 0 atom stereocenters. The summed E-state index contributed by atoms with van der Waals surface area (Å²) in [5.74, 6) is 0.186. The number of aromatic carboxylic acids is 1. The van der Waals surface area contributed by atoms with Gasteiger partial charge in [0.25, 0.3) is 0 Å². The first-order valence-electron chi connectivity index (χ1n) is 9.22. The van der Waals surface area contributed by atoms with Crippen molar-refractivity contribution in [3.05, 3.63) is 18.1 Å². The van der Waals surface area contributed by atoms with E-state index in [1.54, 1.807) is 4.90 Å². The summed E-state index contributed by atoms with van der Waals surface area (Å²) in [7, 11) is 0. The highest BCUT2D eigenvalue weighted by atomic mass is 16.6. The molecule has 1 N–H and O–H groups in total. The Bertz CT molecular complexity index is 674. The third-order valence-corrected chi connectivity index (χ3v) is 4.68. The van der Waals surface area contributed by atoms with Crippen molar-refractivity contribution in [2.24, 2.45) is 5.92 Å². The smallest absolute Gasteiger partial charge is 0.410 e. The predicted molar refractivity (Wildman–Crippen MR) is 98.9 cm³/mol. The lowest BCUT2D eigenvalue weighted by Crippen LogP contribution is -2.56. The maximum atomic E-state index is 12.1. The molecular formula is C18H27N5O4. The van der Waals surface area contributed by atoms with Crippen LogP contribution in [0.3, 0.4) is 0 Å². The van der Waals surface area contributed by atoms with E-state index >= 15 is 0 Å². The second-order valence-corrected chi connectivity index (χ2v) is 8.10. The van der Waals surface area contributed by atoms with Gasteiger partial charge in [-0.3, -0.25) is 4.90 Å². The minimum atomic E-state index is -1.07. The second-order valence-electron chi connectivity index (χ2n) is 8.10. The molecule has 0 aliphatic carbocycles. The number of rotatable bonds is 4. The standard InChI is InChI=1S/C18H27N5O4/c1-18(2,3)27-17(26)22-6-4-21(5-7-22)10-13-11-23(12-13)15-9-19-14(8-20-15)16(24)25/h8-9,13H,4-7,10-12H2,1-3H3,(H,24,25). The number of aromatic nitrogens is 2. The monoisotopic (exact) mass is 377 g/mol. The summed E-state index contributed by atoms with van der Waals surface area (Å²) in [5, 5.41) is 8.86. The fourth-order valence-electron chi connectivity index (χ4n) is 3.27. The maximum Gasteiger partial charge on any atom is 0.410 e. The van der Waals surface area contributed by atoms with E-state index < -0.39 is 11.6 Å². The van der Waals surface area contributed by atoms with E-state index in [0.717, 1.165) is 32.7 Å². The topological polar surface area (TPSA) is 99.1 Å². The van der Waals surface area contributed by atoms with Gasteiger partial charge in [0.1, 0.15) is 11.4 Å². The summed E-state index contributed by atoms with van der Waals surface area (Å²) in [6.07, 6.45) is 2.57. The molecule has 0 spiro atoms. The van der Waals surface area contributed by atoms with Gasteiger partial charge in [0.15, 0.2) is 5.69 Å². The molecule has 1 aromatic rings.